The van der Waals surface area contributed by atoms with Gasteiger partial charge in [-0.2, -0.15) is 0 Å². The summed E-state index contributed by atoms with van der Waals surface area (Å²) >= 11 is 0. The number of amides is 2. The molecular weight excluding hydrogens is 392 g/mol. The summed E-state index contributed by atoms with van der Waals surface area (Å²) in [6.45, 7) is 5.00. The van der Waals surface area contributed by atoms with E-state index in [1.54, 1.807) is 6.20 Å². The van der Waals surface area contributed by atoms with Crippen molar-refractivity contribution >= 4 is 17.5 Å². The van der Waals surface area contributed by atoms with Crippen molar-refractivity contribution in [1.29, 1.82) is 0 Å². The Bertz CT molecular complexity index is 822. The molecule has 0 radical (unpaired) electrons. The molecule has 1 aromatic heterocycles. The molecule has 8 nitrogen and oxygen atoms in total. The topological polar surface area (TPSA) is 80.8 Å². The Morgan fingerprint density at radius 2 is 1.71 bits per heavy atom. The van der Waals surface area contributed by atoms with Crippen LogP contribution in [0.5, 0.6) is 0 Å². The van der Waals surface area contributed by atoms with E-state index in [1.165, 1.54) is 5.69 Å². The number of para-hydroxylation sites is 1. The van der Waals surface area contributed by atoms with Crippen molar-refractivity contribution in [3.8, 4) is 0 Å². The van der Waals surface area contributed by atoms with E-state index in [-0.39, 0.29) is 6.04 Å². The van der Waals surface area contributed by atoms with Crippen molar-refractivity contribution in [2.75, 3.05) is 64.8 Å². The zero-order valence-corrected chi connectivity index (χ0v) is 18.3. The van der Waals surface area contributed by atoms with Crippen molar-refractivity contribution < 1.29 is 9.59 Å². The Kier molecular flexibility index (Phi) is 8.37. The Hall–Kier alpha value is -2.97. The second-order valence-electron chi connectivity index (χ2n) is 7.93. The average molecular weight is 425 g/mol. The van der Waals surface area contributed by atoms with Gasteiger partial charge in [0.25, 0.3) is 0 Å². The highest BCUT2D eigenvalue weighted by molar-refractivity contribution is 6.35. The predicted molar refractivity (Wildman–Crippen MR) is 122 cm³/mol. The Balaban J connectivity index is 1.58. The number of carbonyl (C=O) groups excluding carboxylic acids is 2. The van der Waals surface area contributed by atoms with Crippen LogP contribution in [0.2, 0.25) is 0 Å². The number of carbonyl (C=O) groups is 2. The van der Waals surface area contributed by atoms with E-state index in [1.807, 2.05) is 43.4 Å². The summed E-state index contributed by atoms with van der Waals surface area (Å²) in [6, 6.07) is 14.3. The van der Waals surface area contributed by atoms with E-state index in [4.69, 9.17) is 0 Å². The van der Waals surface area contributed by atoms with E-state index in [9.17, 15) is 9.59 Å². The first kappa shape index (κ1) is 22.7. The molecule has 8 heteroatoms. The van der Waals surface area contributed by atoms with Gasteiger partial charge in [0.1, 0.15) is 0 Å². The molecule has 2 N–H and O–H groups in total. The third-order valence-electron chi connectivity index (χ3n) is 5.45. The number of anilines is 1. The molecule has 166 valence electrons. The lowest BCUT2D eigenvalue weighted by molar-refractivity contribution is -0.139. The molecule has 2 amide bonds. The van der Waals surface area contributed by atoms with Gasteiger partial charge in [-0.15, -0.1) is 0 Å². The van der Waals surface area contributed by atoms with Gasteiger partial charge in [0.05, 0.1) is 6.04 Å². The van der Waals surface area contributed by atoms with E-state index in [0.717, 1.165) is 31.7 Å². The fraction of sp³-hybridized carbons (Fsp3) is 0.435. The number of hydrogen-bond donors (Lipinski definition) is 2. The molecule has 1 atom stereocenters. The zero-order valence-electron chi connectivity index (χ0n) is 18.3. The summed E-state index contributed by atoms with van der Waals surface area (Å²) in [7, 11) is 3.84. The van der Waals surface area contributed by atoms with Crippen LogP contribution in [-0.4, -0.2) is 86.5 Å². The van der Waals surface area contributed by atoms with Gasteiger partial charge in [0.2, 0.25) is 0 Å². The van der Waals surface area contributed by atoms with Gasteiger partial charge in [0.15, 0.2) is 0 Å². The lowest BCUT2D eigenvalue weighted by atomic mass is 10.1. The Labute approximate surface area is 184 Å². The van der Waals surface area contributed by atoms with Gasteiger partial charge in [0, 0.05) is 63.9 Å². The molecule has 1 fully saturated rings. The quantitative estimate of drug-likeness (QED) is 0.609. The number of rotatable bonds is 8. The number of benzene rings is 1. The summed E-state index contributed by atoms with van der Waals surface area (Å²) in [6.07, 6.45) is 3.57. The van der Waals surface area contributed by atoms with Crippen molar-refractivity contribution in [3.63, 3.8) is 0 Å². The first-order valence-corrected chi connectivity index (χ1v) is 10.7. The summed E-state index contributed by atoms with van der Waals surface area (Å²) in [5.41, 5.74) is 2.26. The lowest BCUT2D eigenvalue weighted by Gasteiger charge is -2.40. The summed E-state index contributed by atoms with van der Waals surface area (Å²) in [5, 5.41) is 5.47. The van der Waals surface area contributed by atoms with Crippen LogP contribution in [0.15, 0.2) is 54.9 Å². The molecular formula is C23H32N6O2. The van der Waals surface area contributed by atoms with E-state index < -0.39 is 11.8 Å². The molecule has 0 unspecified atom stereocenters. The molecule has 0 saturated carbocycles. The second-order valence-corrected chi connectivity index (χ2v) is 7.93. The van der Waals surface area contributed by atoms with Crippen LogP contribution in [-0.2, 0) is 9.59 Å². The average Bonchev–Trinajstić information content (AvgIpc) is 2.80. The first-order chi connectivity index (χ1) is 15.0. The number of pyridine rings is 1. The summed E-state index contributed by atoms with van der Waals surface area (Å²) < 4.78 is 0. The minimum absolute atomic E-state index is 0.0369. The van der Waals surface area contributed by atoms with Crippen LogP contribution >= 0.6 is 0 Å². The maximum atomic E-state index is 12.3. The molecule has 3 rings (SSSR count). The highest BCUT2D eigenvalue weighted by Crippen LogP contribution is 2.23. The van der Waals surface area contributed by atoms with Crippen LogP contribution in [0, 0.1) is 0 Å². The molecule has 31 heavy (non-hydrogen) atoms. The SMILES string of the molecule is CN(C)CCNC(=O)C(=O)NC[C@H](c1cccnc1)N1CCN(c2ccccc2)CC1. The van der Waals surface area contributed by atoms with E-state index in [0.29, 0.717) is 19.6 Å². The van der Waals surface area contributed by atoms with Gasteiger partial charge in [-0.1, -0.05) is 24.3 Å². The van der Waals surface area contributed by atoms with Crippen LogP contribution in [0.25, 0.3) is 0 Å². The summed E-state index contributed by atoms with van der Waals surface area (Å²) in [5.74, 6) is -1.20. The summed E-state index contributed by atoms with van der Waals surface area (Å²) in [4.78, 5) is 35.3. The van der Waals surface area contributed by atoms with Gasteiger partial charge >= 0.3 is 11.8 Å². The molecule has 0 aliphatic carbocycles. The number of nitrogens with zero attached hydrogens (tertiary/aromatic N) is 4. The minimum atomic E-state index is -0.601. The number of likely N-dealkylation sites (N-methyl/N-ethyl adjacent to an activating group) is 1. The van der Waals surface area contributed by atoms with E-state index in [2.05, 4.69) is 49.7 Å². The van der Waals surface area contributed by atoms with Gasteiger partial charge in [-0.25, -0.2) is 0 Å². The van der Waals surface area contributed by atoms with Gasteiger partial charge in [-0.3, -0.25) is 19.5 Å². The highest BCUT2D eigenvalue weighted by atomic mass is 16.2. The fourth-order valence-electron chi connectivity index (χ4n) is 3.70. The lowest BCUT2D eigenvalue weighted by Crippen LogP contribution is -2.51. The third kappa shape index (κ3) is 6.77. The standard InChI is InChI=1S/C23H32N6O2/c1-27(2)12-11-25-22(30)23(31)26-18-21(19-7-6-10-24-17-19)29-15-13-28(14-16-29)20-8-4-3-5-9-20/h3-10,17,21H,11-16,18H2,1-2H3,(H,25,30)(H,26,31)/t21-/m1/s1. The zero-order chi connectivity index (χ0) is 22.1. The van der Waals surface area contributed by atoms with Gasteiger partial charge < -0.3 is 20.4 Å². The molecule has 2 aromatic rings. The maximum absolute atomic E-state index is 12.3. The van der Waals surface area contributed by atoms with Crippen LogP contribution in [0.4, 0.5) is 5.69 Å². The van der Waals surface area contributed by atoms with Gasteiger partial charge in [-0.05, 0) is 37.9 Å². The maximum Gasteiger partial charge on any atom is 0.309 e. The number of aromatic nitrogens is 1. The van der Waals surface area contributed by atoms with Crippen molar-refractivity contribution in [2.24, 2.45) is 0 Å². The predicted octanol–water partition coefficient (Wildman–Crippen LogP) is 0.739. The van der Waals surface area contributed by atoms with Crippen molar-refractivity contribution in [3.05, 3.63) is 60.4 Å². The van der Waals surface area contributed by atoms with Crippen LogP contribution < -0.4 is 15.5 Å². The molecule has 1 aromatic carbocycles. The van der Waals surface area contributed by atoms with Crippen molar-refractivity contribution in [2.45, 2.75) is 6.04 Å². The van der Waals surface area contributed by atoms with Crippen LogP contribution in [0.3, 0.4) is 0 Å². The normalized spacial score (nSPS) is 15.5. The minimum Gasteiger partial charge on any atom is -0.369 e. The molecule has 2 heterocycles. The number of hydrogen-bond acceptors (Lipinski definition) is 6. The highest BCUT2D eigenvalue weighted by Gasteiger charge is 2.26. The number of piperazine rings is 1. The van der Waals surface area contributed by atoms with E-state index >= 15 is 0 Å². The molecule has 1 aliphatic heterocycles. The molecule has 0 bridgehead atoms. The first-order valence-electron chi connectivity index (χ1n) is 10.7. The second kappa shape index (κ2) is 11.4. The third-order valence-corrected chi connectivity index (χ3v) is 5.45. The van der Waals surface area contributed by atoms with Crippen LogP contribution in [0.1, 0.15) is 11.6 Å². The smallest absolute Gasteiger partial charge is 0.309 e. The monoisotopic (exact) mass is 424 g/mol. The Morgan fingerprint density at radius 3 is 2.35 bits per heavy atom. The number of nitrogens with one attached hydrogen (secondary N) is 2. The molecule has 1 saturated heterocycles. The fourth-order valence-corrected chi connectivity index (χ4v) is 3.70. The molecule has 0 spiro atoms. The van der Waals surface area contributed by atoms with Crippen molar-refractivity contribution in [1.82, 2.24) is 25.4 Å². The Morgan fingerprint density at radius 1 is 1.00 bits per heavy atom. The molecule has 1 aliphatic rings. The largest absolute Gasteiger partial charge is 0.369 e.